The van der Waals surface area contributed by atoms with Gasteiger partial charge in [0.15, 0.2) is 0 Å². The molecule has 0 unspecified atom stereocenters. The molecule has 3 heteroatoms. The van der Waals surface area contributed by atoms with Crippen LogP contribution in [0.3, 0.4) is 0 Å². The first-order chi connectivity index (χ1) is 9.19. The molecule has 1 aliphatic rings. The number of aliphatic carboxylic acids is 1. The minimum atomic E-state index is -0.637. The molecule has 104 valence electrons. The maximum Gasteiger partial charge on any atom is 0.306 e. The number of hydrogen-bond donors (Lipinski definition) is 2. The van der Waals surface area contributed by atoms with Crippen molar-refractivity contribution in [3.05, 3.63) is 29.8 Å². The molecule has 0 spiro atoms. The molecule has 0 saturated heterocycles. The average molecular weight is 261 g/mol. The Hall–Kier alpha value is -1.51. The van der Waals surface area contributed by atoms with Crippen LogP contribution in [0.5, 0.6) is 0 Å². The summed E-state index contributed by atoms with van der Waals surface area (Å²) < 4.78 is 0. The van der Waals surface area contributed by atoms with Gasteiger partial charge in [-0.05, 0) is 49.8 Å². The van der Waals surface area contributed by atoms with Crippen molar-refractivity contribution in [2.45, 2.75) is 51.5 Å². The van der Waals surface area contributed by atoms with E-state index in [0.29, 0.717) is 6.04 Å². The van der Waals surface area contributed by atoms with Crippen molar-refractivity contribution >= 4 is 11.7 Å². The Morgan fingerprint density at radius 3 is 2.37 bits per heavy atom. The van der Waals surface area contributed by atoms with Crippen molar-refractivity contribution in [1.82, 2.24) is 0 Å². The summed E-state index contributed by atoms with van der Waals surface area (Å²) in [5, 5.41) is 12.5. The number of carbonyl (C=O) groups is 1. The molecule has 3 nitrogen and oxygen atoms in total. The van der Waals surface area contributed by atoms with Gasteiger partial charge in [0, 0.05) is 11.7 Å². The van der Waals surface area contributed by atoms with Crippen molar-refractivity contribution < 1.29 is 9.90 Å². The summed E-state index contributed by atoms with van der Waals surface area (Å²) in [6, 6.07) is 9.04. The van der Waals surface area contributed by atoms with Gasteiger partial charge in [-0.15, -0.1) is 0 Å². The normalized spacial score (nSPS) is 23.0. The number of rotatable bonds is 5. The Morgan fingerprint density at radius 2 is 1.84 bits per heavy atom. The van der Waals surface area contributed by atoms with E-state index in [-0.39, 0.29) is 5.92 Å². The van der Waals surface area contributed by atoms with Gasteiger partial charge in [-0.3, -0.25) is 4.79 Å². The second-order valence-corrected chi connectivity index (χ2v) is 5.48. The Morgan fingerprint density at radius 1 is 1.21 bits per heavy atom. The molecular formula is C16H23NO2. The largest absolute Gasteiger partial charge is 0.481 e. The maximum atomic E-state index is 10.9. The van der Waals surface area contributed by atoms with E-state index < -0.39 is 5.97 Å². The summed E-state index contributed by atoms with van der Waals surface area (Å²) in [6.07, 6.45) is 5.79. The molecule has 2 N–H and O–H groups in total. The fourth-order valence-electron chi connectivity index (χ4n) is 2.78. The lowest BCUT2D eigenvalue weighted by Crippen LogP contribution is -2.29. The highest BCUT2D eigenvalue weighted by molar-refractivity contribution is 5.70. The van der Waals surface area contributed by atoms with Gasteiger partial charge >= 0.3 is 5.97 Å². The van der Waals surface area contributed by atoms with Crippen LogP contribution in [0.1, 0.15) is 44.6 Å². The monoisotopic (exact) mass is 261 g/mol. The molecule has 0 bridgehead atoms. The van der Waals surface area contributed by atoms with Gasteiger partial charge < -0.3 is 10.4 Å². The minimum Gasteiger partial charge on any atom is -0.481 e. The van der Waals surface area contributed by atoms with E-state index in [1.165, 1.54) is 12.0 Å². The van der Waals surface area contributed by atoms with E-state index in [1.54, 1.807) is 0 Å². The van der Waals surface area contributed by atoms with Gasteiger partial charge in [-0.1, -0.05) is 25.5 Å². The Bertz CT molecular complexity index is 405. The molecule has 0 amide bonds. The third-order valence-electron chi connectivity index (χ3n) is 3.94. The summed E-state index contributed by atoms with van der Waals surface area (Å²) >= 11 is 0. The Kier molecular flexibility index (Phi) is 4.83. The van der Waals surface area contributed by atoms with E-state index in [0.717, 1.165) is 37.8 Å². The molecular weight excluding hydrogens is 238 g/mol. The van der Waals surface area contributed by atoms with E-state index in [1.807, 2.05) is 0 Å². The molecule has 0 radical (unpaired) electrons. The lowest BCUT2D eigenvalue weighted by Gasteiger charge is -2.27. The number of nitrogens with one attached hydrogen (secondary N) is 1. The number of hydrogen-bond acceptors (Lipinski definition) is 2. The molecule has 1 aromatic carbocycles. The van der Waals surface area contributed by atoms with Gasteiger partial charge in [0.25, 0.3) is 0 Å². The minimum absolute atomic E-state index is 0.134. The first-order valence-electron chi connectivity index (χ1n) is 7.27. The highest BCUT2D eigenvalue weighted by Gasteiger charge is 2.25. The number of benzene rings is 1. The number of carboxylic acid groups (broad SMARTS) is 1. The average Bonchev–Trinajstić information content (AvgIpc) is 2.42. The van der Waals surface area contributed by atoms with E-state index >= 15 is 0 Å². The molecule has 1 aliphatic carbocycles. The standard InChI is InChI=1S/C16H23NO2/c1-2-3-12-4-8-14(9-5-12)17-15-10-6-13(7-11-15)16(18)19/h4-5,8-9,13,15,17H,2-3,6-7,10-11H2,1H3,(H,18,19). The zero-order chi connectivity index (χ0) is 13.7. The molecule has 2 rings (SSSR count). The van der Waals surface area contributed by atoms with Gasteiger partial charge in [0.1, 0.15) is 0 Å². The molecule has 1 saturated carbocycles. The number of aryl methyl sites for hydroxylation is 1. The second-order valence-electron chi connectivity index (χ2n) is 5.48. The number of anilines is 1. The van der Waals surface area contributed by atoms with Crippen LogP contribution in [-0.4, -0.2) is 17.1 Å². The first-order valence-corrected chi connectivity index (χ1v) is 7.27. The smallest absolute Gasteiger partial charge is 0.306 e. The van der Waals surface area contributed by atoms with Gasteiger partial charge in [0.2, 0.25) is 0 Å². The van der Waals surface area contributed by atoms with Crippen LogP contribution in [-0.2, 0) is 11.2 Å². The first kappa shape index (κ1) is 13.9. The fourth-order valence-corrected chi connectivity index (χ4v) is 2.78. The van der Waals surface area contributed by atoms with Crippen LogP contribution >= 0.6 is 0 Å². The molecule has 0 heterocycles. The van der Waals surface area contributed by atoms with Crippen LogP contribution in [0.2, 0.25) is 0 Å². The summed E-state index contributed by atoms with van der Waals surface area (Å²) in [7, 11) is 0. The lowest BCUT2D eigenvalue weighted by molar-refractivity contribution is -0.142. The molecule has 0 aliphatic heterocycles. The zero-order valence-corrected chi connectivity index (χ0v) is 11.6. The van der Waals surface area contributed by atoms with E-state index in [4.69, 9.17) is 5.11 Å². The predicted octanol–water partition coefficient (Wildman–Crippen LogP) is 3.69. The highest BCUT2D eigenvalue weighted by Crippen LogP contribution is 2.26. The van der Waals surface area contributed by atoms with Gasteiger partial charge in [-0.25, -0.2) is 0 Å². The molecule has 1 aromatic rings. The SMILES string of the molecule is CCCc1ccc(NC2CCC(C(=O)O)CC2)cc1. The van der Waals surface area contributed by atoms with Crippen LogP contribution in [0, 0.1) is 5.92 Å². The molecule has 0 aromatic heterocycles. The summed E-state index contributed by atoms with van der Waals surface area (Å²) in [4.78, 5) is 10.9. The third-order valence-corrected chi connectivity index (χ3v) is 3.94. The van der Waals surface area contributed by atoms with Crippen molar-refractivity contribution in [2.24, 2.45) is 5.92 Å². The van der Waals surface area contributed by atoms with Crippen molar-refractivity contribution in [3.63, 3.8) is 0 Å². The number of carboxylic acids is 1. The second kappa shape index (κ2) is 6.60. The summed E-state index contributed by atoms with van der Waals surface area (Å²) in [6.45, 7) is 2.19. The van der Waals surface area contributed by atoms with E-state index in [2.05, 4.69) is 36.5 Å². The summed E-state index contributed by atoms with van der Waals surface area (Å²) in [5.41, 5.74) is 2.53. The Balaban J connectivity index is 1.83. The zero-order valence-electron chi connectivity index (χ0n) is 11.6. The van der Waals surface area contributed by atoms with Crippen molar-refractivity contribution in [3.8, 4) is 0 Å². The van der Waals surface area contributed by atoms with Crippen molar-refractivity contribution in [2.75, 3.05) is 5.32 Å². The molecule has 0 atom stereocenters. The van der Waals surface area contributed by atoms with Gasteiger partial charge in [0.05, 0.1) is 5.92 Å². The van der Waals surface area contributed by atoms with Crippen LogP contribution in [0.15, 0.2) is 24.3 Å². The third kappa shape index (κ3) is 3.98. The van der Waals surface area contributed by atoms with Crippen LogP contribution in [0.4, 0.5) is 5.69 Å². The van der Waals surface area contributed by atoms with Crippen LogP contribution in [0.25, 0.3) is 0 Å². The Labute approximate surface area is 115 Å². The van der Waals surface area contributed by atoms with Crippen LogP contribution < -0.4 is 5.32 Å². The lowest BCUT2D eigenvalue weighted by atomic mass is 9.86. The van der Waals surface area contributed by atoms with E-state index in [9.17, 15) is 4.79 Å². The maximum absolute atomic E-state index is 10.9. The molecule has 19 heavy (non-hydrogen) atoms. The van der Waals surface area contributed by atoms with Crippen molar-refractivity contribution in [1.29, 1.82) is 0 Å². The predicted molar refractivity (Wildman–Crippen MR) is 77.4 cm³/mol. The quantitative estimate of drug-likeness (QED) is 0.849. The highest BCUT2D eigenvalue weighted by atomic mass is 16.4. The molecule has 1 fully saturated rings. The topological polar surface area (TPSA) is 49.3 Å². The fraction of sp³-hybridized carbons (Fsp3) is 0.562. The van der Waals surface area contributed by atoms with Gasteiger partial charge in [-0.2, -0.15) is 0 Å². The summed E-state index contributed by atoms with van der Waals surface area (Å²) in [5.74, 6) is -0.771.